The van der Waals surface area contributed by atoms with Crippen molar-refractivity contribution >= 4 is 16.5 Å². The summed E-state index contributed by atoms with van der Waals surface area (Å²) < 4.78 is 0. The highest BCUT2D eigenvalue weighted by molar-refractivity contribution is 7.13. The molecule has 0 aromatic carbocycles. The average Bonchev–Trinajstić information content (AvgIpc) is 2.83. The van der Waals surface area contributed by atoms with Gasteiger partial charge in [-0.25, -0.2) is 4.98 Å². The van der Waals surface area contributed by atoms with E-state index in [-0.39, 0.29) is 0 Å². The van der Waals surface area contributed by atoms with Gasteiger partial charge in [0.15, 0.2) is 5.13 Å². The van der Waals surface area contributed by atoms with Gasteiger partial charge in [-0.05, 0) is 39.2 Å². The monoisotopic (exact) mass is 295 g/mol. The van der Waals surface area contributed by atoms with E-state index in [1.807, 2.05) is 11.3 Å². The molecule has 0 radical (unpaired) electrons. The first kappa shape index (κ1) is 15.8. The van der Waals surface area contributed by atoms with Crippen LogP contribution in [0.2, 0.25) is 0 Å². The van der Waals surface area contributed by atoms with Crippen LogP contribution >= 0.6 is 11.3 Å². The van der Waals surface area contributed by atoms with Crippen LogP contribution in [0.5, 0.6) is 0 Å². The molecule has 1 aliphatic heterocycles. The fourth-order valence-corrected chi connectivity index (χ4v) is 3.94. The number of rotatable bonds is 6. The first-order valence-corrected chi connectivity index (χ1v) is 9.09. The van der Waals surface area contributed by atoms with Crippen molar-refractivity contribution in [2.24, 2.45) is 0 Å². The van der Waals surface area contributed by atoms with Gasteiger partial charge in [-0.2, -0.15) is 0 Å². The molecule has 1 aromatic rings. The largest absolute Gasteiger partial charge is 0.345 e. The number of hydrogen-bond acceptors (Lipinski definition) is 4. The second-order valence-electron chi connectivity index (χ2n) is 5.84. The third-order valence-corrected chi connectivity index (χ3v) is 5.14. The number of hydrogen-bond donors (Lipinski definition) is 1. The maximum absolute atomic E-state index is 4.91. The van der Waals surface area contributed by atoms with Gasteiger partial charge in [0.05, 0.1) is 5.69 Å². The summed E-state index contributed by atoms with van der Waals surface area (Å²) in [5.41, 5.74) is 1.21. The number of aromatic nitrogens is 1. The molecule has 20 heavy (non-hydrogen) atoms. The van der Waals surface area contributed by atoms with Gasteiger partial charge in [-0.15, -0.1) is 11.3 Å². The number of nitrogens with zero attached hydrogens (tertiary/aromatic N) is 2. The van der Waals surface area contributed by atoms with E-state index in [1.165, 1.54) is 55.9 Å². The molecule has 0 amide bonds. The Morgan fingerprint density at radius 2 is 2.25 bits per heavy atom. The van der Waals surface area contributed by atoms with Crippen molar-refractivity contribution in [2.45, 2.75) is 71.4 Å². The molecular weight excluding hydrogens is 266 g/mol. The molecule has 1 saturated heterocycles. The molecule has 1 aliphatic rings. The second-order valence-corrected chi connectivity index (χ2v) is 6.67. The average molecular weight is 295 g/mol. The SMILES string of the molecule is CCCNC(C)c1csc(N2CCCCCC2CC)n1. The van der Waals surface area contributed by atoms with E-state index < -0.39 is 0 Å². The minimum atomic E-state index is 0.368. The van der Waals surface area contributed by atoms with Crippen LogP contribution in [0.4, 0.5) is 5.13 Å². The maximum atomic E-state index is 4.91. The lowest BCUT2D eigenvalue weighted by molar-refractivity contribution is 0.547. The van der Waals surface area contributed by atoms with Crippen LogP contribution < -0.4 is 10.2 Å². The van der Waals surface area contributed by atoms with Crippen LogP contribution in [0.25, 0.3) is 0 Å². The van der Waals surface area contributed by atoms with E-state index in [0.717, 1.165) is 6.54 Å². The summed E-state index contributed by atoms with van der Waals surface area (Å²) in [5, 5.41) is 7.00. The smallest absolute Gasteiger partial charge is 0.185 e. The molecule has 114 valence electrons. The van der Waals surface area contributed by atoms with Crippen molar-refractivity contribution in [3.05, 3.63) is 11.1 Å². The summed E-state index contributed by atoms with van der Waals surface area (Å²) in [6.45, 7) is 8.98. The first-order valence-electron chi connectivity index (χ1n) is 8.21. The summed E-state index contributed by atoms with van der Waals surface area (Å²) in [4.78, 5) is 7.47. The van der Waals surface area contributed by atoms with E-state index in [9.17, 15) is 0 Å². The van der Waals surface area contributed by atoms with Crippen LogP contribution in [0.15, 0.2) is 5.38 Å². The van der Waals surface area contributed by atoms with Gasteiger partial charge in [-0.1, -0.05) is 26.7 Å². The topological polar surface area (TPSA) is 28.2 Å². The van der Waals surface area contributed by atoms with E-state index >= 15 is 0 Å². The molecule has 0 aliphatic carbocycles. The predicted molar refractivity (Wildman–Crippen MR) is 88.7 cm³/mol. The van der Waals surface area contributed by atoms with Crippen LogP contribution in [0, 0.1) is 0 Å². The summed E-state index contributed by atoms with van der Waals surface area (Å²) in [5.74, 6) is 0. The van der Waals surface area contributed by atoms with Crippen molar-refractivity contribution in [3.8, 4) is 0 Å². The molecule has 1 fully saturated rings. The zero-order valence-corrected chi connectivity index (χ0v) is 14.0. The molecule has 0 saturated carbocycles. The standard InChI is InChI=1S/C16H29N3S/c1-4-10-17-13(3)15-12-20-16(18-15)19-11-8-6-7-9-14(19)5-2/h12-14,17H,4-11H2,1-3H3. The quantitative estimate of drug-likeness (QED) is 0.845. The Kier molecular flexibility index (Phi) is 6.30. The minimum Gasteiger partial charge on any atom is -0.345 e. The fraction of sp³-hybridized carbons (Fsp3) is 0.812. The van der Waals surface area contributed by atoms with E-state index in [4.69, 9.17) is 4.98 Å². The number of anilines is 1. The molecule has 4 heteroatoms. The molecule has 0 spiro atoms. The van der Waals surface area contributed by atoms with Crippen LogP contribution in [0.3, 0.4) is 0 Å². The molecule has 2 rings (SSSR count). The van der Waals surface area contributed by atoms with E-state index in [1.54, 1.807) is 0 Å². The van der Waals surface area contributed by atoms with Gasteiger partial charge in [-0.3, -0.25) is 0 Å². The molecule has 2 unspecified atom stereocenters. The van der Waals surface area contributed by atoms with Crippen molar-refractivity contribution in [1.82, 2.24) is 10.3 Å². The fourth-order valence-electron chi connectivity index (χ4n) is 2.93. The van der Waals surface area contributed by atoms with E-state index in [0.29, 0.717) is 12.1 Å². The summed E-state index contributed by atoms with van der Waals surface area (Å²) in [6, 6.07) is 1.06. The van der Waals surface area contributed by atoms with Crippen molar-refractivity contribution in [2.75, 3.05) is 18.0 Å². The van der Waals surface area contributed by atoms with Crippen molar-refractivity contribution in [3.63, 3.8) is 0 Å². The normalized spacial score (nSPS) is 21.8. The molecule has 0 bridgehead atoms. The number of thiazole rings is 1. The zero-order chi connectivity index (χ0) is 14.4. The Labute approximate surface area is 127 Å². The third kappa shape index (κ3) is 3.95. The van der Waals surface area contributed by atoms with Gasteiger partial charge in [0, 0.05) is 24.0 Å². The number of nitrogens with one attached hydrogen (secondary N) is 1. The Balaban J connectivity index is 2.05. The Hall–Kier alpha value is -0.610. The first-order chi connectivity index (χ1) is 9.76. The zero-order valence-electron chi connectivity index (χ0n) is 13.2. The van der Waals surface area contributed by atoms with Gasteiger partial charge in [0.25, 0.3) is 0 Å². The maximum Gasteiger partial charge on any atom is 0.185 e. The molecule has 2 atom stereocenters. The van der Waals surface area contributed by atoms with Gasteiger partial charge in [0.1, 0.15) is 0 Å². The lowest BCUT2D eigenvalue weighted by Gasteiger charge is -2.28. The van der Waals surface area contributed by atoms with Crippen LogP contribution in [0.1, 0.15) is 71.0 Å². The molecule has 3 nitrogen and oxygen atoms in total. The van der Waals surface area contributed by atoms with Crippen molar-refractivity contribution < 1.29 is 0 Å². The lowest BCUT2D eigenvalue weighted by atomic mass is 10.1. The minimum absolute atomic E-state index is 0.368. The molecule has 1 N–H and O–H groups in total. The highest BCUT2D eigenvalue weighted by Gasteiger charge is 2.22. The Morgan fingerprint density at radius 3 is 3.00 bits per heavy atom. The lowest BCUT2D eigenvalue weighted by Crippen LogP contribution is -2.34. The highest BCUT2D eigenvalue weighted by atomic mass is 32.1. The summed E-state index contributed by atoms with van der Waals surface area (Å²) in [7, 11) is 0. The highest BCUT2D eigenvalue weighted by Crippen LogP contribution is 2.30. The summed E-state index contributed by atoms with van der Waals surface area (Å²) in [6.07, 6.45) is 7.80. The molecular formula is C16H29N3S. The Morgan fingerprint density at radius 1 is 1.40 bits per heavy atom. The van der Waals surface area contributed by atoms with Crippen LogP contribution in [-0.2, 0) is 0 Å². The van der Waals surface area contributed by atoms with E-state index in [2.05, 4.69) is 36.4 Å². The van der Waals surface area contributed by atoms with Gasteiger partial charge < -0.3 is 10.2 Å². The molecule has 1 aromatic heterocycles. The van der Waals surface area contributed by atoms with Gasteiger partial charge >= 0.3 is 0 Å². The predicted octanol–water partition coefficient (Wildman–Crippen LogP) is 4.36. The van der Waals surface area contributed by atoms with Crippen molar-refractivity contribution in [1.29, 1.82) is 0 Å². The Bertz CT molecular complexity index is 391. The molecule has 2 heterocycles. The third-order valence-electron chi connectivity index (χ3n) is 4.25. The van der Waals surface area contributed by atoms with Gasteiger partial charge in [0.2, 0.25) is 0 Å². The summed E-state index contributed by atoms with van der Waals surface area (Å²) >= 11 is 1.82. The second kappa shape index (κ2) is 7.99. The van der Waals surface area contributed by atoms with Crippen LogP contribution in [-0.4, -0.2) is 24.1 Å².